The molecule has 2 amide bonds. The predicted molar refractivity (Wildman–Crippen MR) is 79.1 cm³/mol. The van der Waals surface area contributed by atoms with E-state index < -0.39 is 0 Å². The molecule has 4 atom stereocenters. The van der Waals surface area contributed by atoms with Gasteiger partial charge in [-0.3, -0.25) is 14.5 Å². The van der Waals surface area contributed by atoms with E-state index in [2.05, 4.69) is 12.2 Å². The third-order valence-corrected chi connectivity index (χ3v) is 5.13. The van der Waals surface area contributed by atoms with Gasteiger partial charge in [-0.15, -0.1) is 0 Å². The van der Waals surface area contributed by atoms with Crippen molar-refractivity contribution in [2.24, 2.45) is 11.8 Å². The van der Waals surface area contributed by atoms with Gasteiger partial charge < -0.3 is 5.32 Å². The first kappa shape index (κ1) is 15.5. The average Bonchev–Trinajstić information content (AvgIpc) is 2.72. The van der Waals surface area contributed by atoms with Crippen LogP contribution < -0.4 is 5.32 Å². The highest BCUT2D eigenvalue weighted by Crippen LogP contribution is 2.29. The van der Waals surface area contributed by atoms with Gasteiger partial charge in [-0.2, -0.15) is 0 Å². The maximum atomic E-state index is 12.3. The summed E-state index contributed by atoms with van der Waals surface area (Å²) in [6.07, 6.45) is 6.34. The highest BCUT2D eigenvalue weighted by Gasteiger charge is 2.40. The second-order valence-electron chi connectivity index (χ2n) is 6.55. The first-order valence-electron chi connectivity index (χ1n) is 8.13. The van der Waals surface area contributed by atoms with Crippen LogP contribution in [0.25, 0.3) is 0 Å². The van der Waals surface area contributed by atoms with Crippen molar-refractivity contribution in [3.8, 4) is 0 Å². The molecule has 0 bridgehead atoms. The Balaban J connectivity index is 1.88. The van der Waals surface area contributed by atoms with Crippen LogP contribution in [-0.2, 0) is 9.59 Å². The summed E-state index contributed by atoms with van der Waals surface area (Å²) in [5, 5.41) is 3.36. The van der Waals surface area contributed by atoms with Crippen LogP contribution in [-0.4, -0.2) is 35.3 Å². The summed E-state index contributed by atoms with van der Waals surface area (Å²) in [7, 11) is 0. The molecule has 0 spiro atoms. The maximum absolute atomic E-state index is 12.3. The fraction of sp³-hybridized carbons (Fsp3) is 0.875. The smallest absolute Gasteiger partial charge is 0.247 e. The molecule has 1 saturated carbocycles. The Kier molecular flexibility index (Phi) is 5.19. The van der Waals surface area contributed by atoms with E-state index in [0.29, 0.717) is 12.3 Å². The second kappa shape index (κ2) is 6.70. The van der Waals surface area contributed by atoms with Crippen molar-refractivity contribution in [2.75, 3.05) is 6.54 Å². The lowest BCUT2D eigenvalue weighted by Gasteiger charge is -2.29. The number of carbonyl (C=O) groups is 2. The van der Waals surface area contributed by atoms with Gasteiger partial charge in [0.1, 0.15) is 0 Å². The highest BCUT2D eigenvalue weighted by atomic mass is 16.2. The van der Waals surface area contributed by atoms with Gasteiger partial charge in [-0.05, 0) is 38.1 Å². The first-order valence-corrected chi connectivity index (χ1v) is 8.13. The van der Waals surface area contributed by atoms with E-state index in [-0.39, 0.29) is 23.9 Å². The van der Waals surface area contributed by atoms with Crippen LogP contribution in [0.5, 0.6) is 0 Å². The monoisotopic (exact) mass is 280 g/mol. The summed E-state index contributed by atoms with van der Waals surface area (Å²) in [6, 6.07) is -0.263. The molecule has 114 valence electrons. The number of hydrogen-bond donors (Lipinski definition) is 1. The third kappa shape index (κ3) is 3.22. The molecule has 0 aromatic carbocycles. The fourth-order valence-electron chi connectivity index (χ4n) is 3.45. The number of nitrogens with one attached hydrogen (secondary N) is 1. The SMILES string of the molecule is CCC(C)N1C(=O)CC(NCC2CCCCC2C)C1=O. The van der Waals surface area contributed by atoms with Crippen LogP contribution in [0.4, 0.5) is 0 Å². The lowest BCUT2D eigenvalue weighted by Crippen LogP contribution is -2.44. The van der Waals surface area contributed by atoms with E-state index in [0.717, 1.165) is 18.9 Å². The number of likely N-dealkylation sites (tertiary alicyclic amines) is 1. The Labute approximate surface area is 122 Å². The molecule has 1 N–H and O–H groups in total. The number of rotatable bonds is 5. The van der Waals surface area contributed by atoms with Crippen LogP contribution in [0.3, 0.4) is 0 Å². The minimum Gasteiger partial charge on any atom is -0.305 e. The number of hydrogen-bond acceptors (Lipinski definition) is 3. The van der Waals surface area contributed by atoms with Gasteiger partial charge in [0.05, 0.1) is 12.5 Å². The zero-order chi connectivity index (χ0) is 14.7. The summed E-state index contributed by atoms with van der Waals surface area (Å²) < 4.78 is 0. The Bertz CT molecular complexity index is 369. The van der Waals surface area contributed by atoms with Crippen molar-refractivity contribution in [1.29, 1.82) is 0 Å². The zero-order valence-corrected chi connectivity index (χ0v) is 13.0. The van der Waals surface area contributed by atoms with Gasteiger partial charge in [0.25, 0.3) is 0 Å². The lowest BCUT2D eigenvalue weighted by molar-refractivity contribution is -0.141. The van der Waals surface area contributed by atoms with Gasteiger partial charge in [0.15, 0.2) is 0 Å². The molecular formula is C16H28N2O2. The second-order valence-corrected chi connectivity index (χ2v) is 6.55. The largest absolute Gasteiger partial charge is 0.305 e. The van der Waals surface area contributed by atoms with E-state index in [1.54, 1.807) is 0 Å². The molecule has 1 saturated heterocycles. The van der Waals surface area contributed by atoms with Crippen molar-refractivity contribution < 1.29 is 9.59 Å². The molecule has 20 heavy (non-hydrogen) atoms. The number of imide groups is 1. The van der Waals surface area contributed by atoms with Gasteiger partial charge in [-0.25, -0.2) is 0 Å². The van der Waals surface area contributed by atoms with Crippen LogP contribution >= 0.6 is 0 Å². The predicted octanol–water partition coefficient (Wildman–Crippen LogP) is 2.33. The molecule has 4 nitrogen and oxygen atoms in total. The van der Waals surface area contributed by atoms with Gasteiger partial charge in [-0.1, -0.05) is 33.1 Å². The molecule has 2 aliphatic rings. The van der Waals surface area contributed by atoms with E-state index in [9.17, 15) is 9.59 Å². The normalized spacial score (nSPS) is 32.8. The summed E-state index contributed by atoms with van der Waals surface area (Å²) in [5.41, 5.74) is 0. The van der Waals surface area contributed by atoms with Crippen LogP contribution in [0, 0.1) is 11.8 Å². The molecule has 1 aliphatic carbocycles. The van der Waals surface area contributed by atoms with E-state index in [1.165, 1.54) is 30.6 Å². The van der Waals surface area contributed by atoms with Crippen molar-refractivity contribution in [2.45, 2.75) is 71.4 Å². The molecule has 4 heteroatoms. The molecule has 2 fully saturated rings. The molecule has 2 rings (SSSR count). The average molecular weight is 280 g/mol. The first-order chi connectivity index (χ1) is 9.54. The summed E-state index contributed by atoms with van der Waals surface area (Å²) in [5.74, 6) is 1.35. The molecular weight excluding hydrogens is 252 g/mol. The standard InChI is InChI=1S/C16H28N2O2/c1-4-12(3)18-15(19)9-14(16(18)20)17-10-13-8-6-5-7-11(13)2/h11-14,17H,4-10H2,1-3H3. The molecule has 4 unspecified atom stereocenters. The molecule has 0 aromatic rings. The van der Waals surface area contributed by atoms with Gasteiger partial charge >= 0.3 is 0 Å². The zero-order valence-electron chi connectivity index (χ0n) is 13.0. The van der Waals surface area contributed by atoms with Crippen molar-refractivity contribution in [1.82, 2.24) is 10.2 Å². The van der Waals surface area contributed by atoms with Crippen LogP contribution in [0.15, 0.2) is 0 Å². The van der Waals surface area contributed by atoms with Crippen molar-refractivity contribution >= 4 is 11.8 Å². The Morgan fingerprint density at radius 3 is 2.65 bits per heavy atom. The third-order valence-electron chi connectivity index (χ3n) is 5.13. The number of nitrogens with zero attached hydrogens (tertiary/aromatic N) is 1. The highest BCUT2D eigenvalue weighted by molar-refractivity contribution is 6.05. The summed E-state index contributed by atoms with van der Waals surface area (Å²) >= 11 is 0. The quantitative estimate of drug-likeness (QED) is 0.786. The molecule has 0 radical (unpaired) electrons. The van der Waals surface area contributed by atoms with Gasteiger partial charge in [0.2, 0.25) is 11.8 Å². The van der Waals surface area contributed by atoms with Crippen molar-refractivity contribution in [3.05, 3.63) is 0 Å². The van der Waals surface area contributed by atoms with E-state index >= 15 is 0 Å². The summed E-state index contributed by atoms with van der Waals surface area (Å²) in [6.45, 7) is 7.13. The number of carbonyl (C=O) groups excluding carboxylic acids is 2. The molecule has 1 heterocycles. The van der Waals surface area contributed by atoms with Crippen LogP contribution in [0.1, 0.15) is 59.3 Å². The Hall–Kier alpha value is -0.900. The van der Waals surface area contributed by atoms with E-state index in [1.807, 2.05) is 13.8 Å². The lowest BCUT2D eigenvalue weighted by atomic mass is 9.80. The van der Waals surface area contributed by atoms with Gasteiger partial charge in [0, 0.05) is 6.04 Å². The topological polar surface area (TPSA) is 49.4 Å². The molecule has 0 aromatic heterocycles. The Morgan fingerprint density at radius 1 is 1.30 bits per heavy atom. The van der Waals surface area contributed by atoms with Crippen LogP contribution in [0.2, 0.25) is 0 Å². The summed E-state index contributed by atoms with van der Waals surface area (Å²) in [4.78, 5) is 25.7. The molecule has 1 aliphatic heterocycles. The number of amides is 2. The van der Waals surface area contributed by atoms with E-state index in [4.69, 9.17) is 0 Å². The maximum Gasteiger partial charge on any atom is 0.247 e. The minimum atomic E-state index is -0.286. The fourth-order valence-corrected chi connectivity index (χ4v) is 3.45. The Morgan fingerprint density at radius 2 is 2.00 bits per heavy atom. The minimum absolute atomic E-state index is 0.0152. The van der Waals surface area contributed by atoms with Crippen molar-refractivity contribution in [3.63, 3.8) is 0 Å².